The topological polar surface area (TPSA) is 21.3 Å². The normalized spacial score (nSPS) is 38.1. The summed E-state index contributed by atoms with van der Waals surface area (Å²) in [5.41, 5.74) is 0.115. The van der Waals surface area contributed by atoms with Gasteiger partial charge in [0.2, 0.25) is 0 Å². The molecule has 19 heavy (non-hydrogen) atoms. The molecule has 0 aromatic carbocycles. The van der Waals surface area contributed by atoms with Crippen LogP contribution in [0.4, 0.5) is 0 Å². The second kappa shape index (κ2) is 5.73. The summed E-state index contributed by atoms with van der Waals surface area (Å²) in [5.74, 6) is 1.56. The van der Waals surface area contributed by atoms with Crippen LogP contribution in [0.25, 0.3) is 0 Å². The van der Waals surface area contributed by atoms with Gasteiger partial charge in [-0.15, -0.1) is 0 Å². The summed E-state index contributed by atoms with van der Waals surface area (Å²) in [6.07, 6.45) is 8.13. The molecule has 1 heterocycles. The van der Waals surface area contributed by atoms with Crippen molar-refractivity contribution < 1.29 is 4.74 Å². The van der Waals surface area contributed by atoms with Gasteiger partial charge in [0.25, 0.3) is 0 Å². The maximum absolute atomic E-state index is 6.32. The zero-order valence-corrected chi connectivity index (χ0v) is 13.6. The van der Waals surface area contributed by atoms with E-state index in [9.17, 15) is 0 Å². The molecule has 1 N–H and O–H groups in total. The van der Waals surface area contributed by atoms with Crippen molar-refractivity contribution >= 4 is 0 Å². The van der Waals surface area contributed by atoms with Crippen LogP contribution in [-0.4, -0.2) is 23.8 Å². The predicted octanol–water partition coefficient (Wildman–Crippen LogP) is 4.14. The van der Waals surface area contributed by atoms with E-state index in [2.05, 4.69) is 39.9 Å². The summed E-state index contributed by atoms with van der Waals surface area (Å²) < 4.78 is 6.32. The fourth-order valence-corrected chi connectivity index (χ4v) is 4.58. The number of nitrogens with one attached hydrogen (secondary N) is 1. The smallest absolute Gasteiger partial charge is 0.0665 e. The Morgan fingerprint density at radius 3 is 2.37 bits per heavy atom. The Balaban J connectivity index is 2.06. The molecule has 112 valence electrons. The van der Waals surface area contributed by atoms with Gasteiger partial charge >= 0.3 is 0 Å². The quantitative estimate of drug-likeness (QED) is 0.776. The van der Waals surface area contributed by atoms with Crippen molar-refractivity contribution in [2.45, 2.75) is 90.4 Å². The first kappa shape index (κ1) is 15.3. The fourth-order valence-electron chi connectivity index (χ4n) is 4.58. The molecule has 3 unspecified atom stereocenters. The van der Waals surface area contributed by atoms with Crippen molar-refractivity contribution in [1.29, 1.82) is 0 Å². The number of rotatable bonds is 3. The van der Waals surface area contributed by atoms with Crippen molar-refractivity contribution in [3.05, 3.63) is 0 Å². The summed E-state index contributed by atoms with van der Waals surface area (Å²) in [6, 6.07) is 0.733. The minimum atomic E-state index is 0.0509. The van der Waals surface area contributed by atoms with Gasteiger partial charge in [-0.25, -0.2) is 0 Å². The van der Waals surface area contributed by atoms with E-state index in [1.54, 1.807) is 0 Å². The largest absolute Gasteiger partial charge is 0.369 e. The summed E-state index contributed by atoms with van der Waals surface area (Å²) >= 11 is 0. The zero-order valence-electron chi connectivity index (χ0n) is 13.6. The van der Waals surface area contributed by atoms with Crippen LogP contribution in [0, 0.1) is 11.8 Å². The van der Waals surface area contributed by atoms with Crippen molar-refractivity contribution in [2.75, 3.05) is 6.54 Å². The standard InChI is InChI=1S/C17H33NO/c1-6-18-14-10-8-7-9-13(11-14)15-12-16(2,3)19-17(15,4)5/h13-15,18H,6-12H2,1-5H3. The molecule has 0 aromatic rings. The Labute approximate surface area is 119 Å². The molecule has 0 radical (unpaired) electrons. The average molecular weight is 267 g/mol. The first-order valence-electron chi connectivity index (χ1n) is 8.27. The molecule has 2 nitrogen and oxygen atoms in total. The van der Waals surface area contributed by atoms with Crippen LogP contribution < -0.4 is 5.32 Å². The number of hydrogen-bond acceptors (Lipinski definition) is 2. The van der Waals surface area contributed by atoms with E-state index in [1.165, 1.54) is 38.5 Å². The molecule has 1 aliphatic heterocycles. The molecule has 3 atom stereocenters. The van der Waals surface area contributed by atoms with Gasteiger partial charge in [-0.1, -0.05) is 26.2 Å². The lowest BCUT2D eigenvalue weighted by Gasteiger charge is -2.34. The molecule has 0 bridgehead atoms. The van der Waals surface area contributed by atoms with Gasteiger partial charge in [-0.3, -0.25) is 0 Å². The monoisotopic (exact) mass is 267 g/mol. The lowest BCUT2D eigenvalue weighted by atomic mass is 9.74. The van der Waals surface area contributed by atoms with Crippen LogP contribution in [-0.2, 0) is 4.74 Å². The summed E-state index contributed by atoms with van der Waals surface area (Å²) in [4.78, 5) is 0. The van der Waals surface area contributed by atoms with E-state index in [1.807, 2.05) is 0 Å². The number of hydrogen-bond donors (Lipinski definition) is 1. The highest BCUT2D eigenvalue weighted by Gasteiger charge is 2.49. The highest BCUT2D eigenvalue weighted by atomic mass is 16.5. The van der Waals surface area contributed by atoms with Gasteiger partial charge in [-0.2, -0.15) is 0 Å². The fraction of sp³-hybridized carbons (Fsp3) is 1.00. The highest BCUT2D eigenvalue weighted by Crippen LogP contribution is 2.48. The Kier molecular flexibility index (Phi) is 4.62. The Morgan fingerprint density at radius 2 is 1.79 bits per heavy atom. The summed E-state index contributed by atoms with van der Waals surface area (Å²) in [6.45, 7) is 12.5. The van der Waals surface area contributed by atoms with Crippen molar-refractivity contribution in [3.8, 4) is 0 Å². The van der Waals surface area contributed by atoms with E-state index in [4.69, 9.17) is 4.74 Å². The Bertz CT molecular complexity index is 298. The molecule has 2 fully saturated rings. The molecule has 0 spiro atoms. The minimum Gasteiger partial charge on any atom is -0.369 e. The first-order valence-corrected chi connectivity index (χ1v) is 8.27. The van der Waals surface area contributed by atoms with Gasteiger partial charge < -0.3 is 10.1 Å². The first-order chi connectivity index (χ1) is 8.84. The third kappa shape index (κ3) is 3.72. The van der Waals surface area contributed by atoms with Gasteiger partial charge in [0.1, 0.15) is 0 Å². The van der Waals surface area contributed by atoms with E-state index < -0.39 is 0 Å². The van der Waals surface area contributed by atoms with Gasteiger partial charge in [-0.05, 0) is 65.3 Å². The predicted molar refractivity (Wildman–Crippen MR) is 81.4 cm³/mol. The summed E-state index contributed by atoms with van der Waals surface area (Å²) in [7, 11) is 0. The lowest BCUT2D eigenvalue weighted by Crippen LogP contribution is -2.37. The molecule has 2 heteroatoms. The lowest BCUT2D eigenvalue weighted by molar-refractivity contribution is -0.0808. The Morgan fingerprint density at radius 1 is 1.11 bits per heavy atom. The molecular weight excluding hydrogens is 234 g/mol. The van der Waals surface area contributed by atoms with Crippen LogP contribution in [0.2, 0.25) is 0 Å². The zero-order chi connectivity index (χ0) is 14.1. The SMILES string of the molecule is CCNC1CCCCC(C2CC(C)(C)OC2(C)C)C1. The maximum atomic E-state index is 6.32. The molecule has 0 aromatic heterocycles. The van der Waals surface area contributed by atoms with E-state index in [0.29, 0.717) is 0 Å². The van der Waals surface area contributed by atoms with Crippen LogP contribution in [0.1, 0.15) is 73.1 Å². The highest BCUT2D eigenvalue weighted by molar-refractivity contribution is 4.98. The van der Waals surface area contributed by atoms with E-state index >= 15 is 0 Å². The minimum absolute atomic E-state index is 0.0509. The Hall–Kier alpha value is -0.0800. The molecule has 1 saturated carbocycles. The maximum Gasteiger partial charge on any atom is 0.0665 e. The van der Waals surface area contributed by atoms with Gasteiger partial charge in [0.05, 0.1) is 11.2 Å². The summed E-state index contributed by atoms with van der Waals surface area (Å²) in [5, 5.41) is 3.69. The van der Waals surface area contributed by atoms with Crippen molar-refractivity contribution in [1.82, 2.24) is 5.32 Å². The van der Waals surface area contributed by atoms with Crippen LogP contribution in [0.15, 0.2) is 0 Å². The van der Waals surface area contributed by atoms with Crippen molar-refractivity contribution in [3.63, 3.8) is 0 Å². The molecular formula is C17H33NO. The molecule has 1 saturated heterocycles. The third-order valence-corrected chi connectivity index (χ3v) is 5.17. The molecule has 1 aliphatic carbocycles. The van der Waals surface area contributed by atoms with Crippen LogP contribution >= 0.6 is 0 Å². The second-order valence-electron chi connectivity index (χ2n) is 7.81. The number of ether oxygens (including phenoxy) is 1. The van der Waals surface area contributed by atoms with Crippen LogP contribution in [0.5, 0.6) is 0 Å². The molecule has 2 aliphatic rings. The van der Waals surface area contributed by atoms with E-state index in [-0.39, 0.29) is 11.2 Å². The molecule has 2 rings (SSSR count). The van der Waals surface area contributed by atoms with Crippen LogP contribution in [0.3, 0.4) is 0 Å². The van der Waals surface area contributed by atoms with Gasteiger partial charge in [0, 0.05) is 6.04 Å². The molecule has 0 amide bonds. The average Bonchev–Trinajstić information content (AvgIpc) is 2.46. The van der Waals surface area contributed by atoms with Crippen molar-refractivity contribution in [2.24, 2.45) is 11.8 Å². The second-order valence-corrected chi connectivity index (χ2v) is 7.81. The van der Waals surface area contributed by atoms with E-state index in [0.717, 1.165) is 24.4 Å². The van der Waals surface area contributed by atoms with Gasteiger partial charge in [0.15, 0.2) is 0 Å². The third-order valence-electron chi connectivity index (χ3n) is 5.17.